The highest BCUT2D eigenvalue weighted by molar-refractivity contribution is 5.97. The molecule has 1 aliphatic rings. The average Bonchev–Trinajstić information content (AvgIpc) is 2.77. The van der Waals surface area contributed by atoms with Crippen LogP contribution >= 0.6 is 0 Å². The molecular weight excluding hydrogens is 360 g/mol. The van der Waals surface area contributed by atoms with Crippen LogP contribution in [0.1, 0.15) is 15.9 Å². The zero-order chi connectivity index (χ0) is 19.9. The average molecular weight is 386 g/mol. The molecule has 0 saturated carbocycles. The Hall–Kier alpha value is -2.93. The van der Waals surface area contributed by atoms with E-state index in [0.29, 0.717) is 36.8 Å². The van der Waals surface area contributed by atoms with Gasteiger partial charge in [-0.1, -0.05) is 6.07 Å². The molecule has 28 heavy (non-hydrogen) atoms. The highest BCUT2D eigenvalue weighted by Gasteiger charge is 2.20. The first kappa shape index (κ1) is 19.8. The van der Waals surface area contributed by atoms with Crippen molar-refractivity contribution in [2.45, 2.75) is 6.54 Å². The Morgan fingerprint density at radius 1 is 1.04 bits per heavy atom. The predicted octanol–water partition coefficient (Wildman–Crippen LogP) is 2.94. The van der Waals surface area contributed by atoms with Crippen molar-refractivity contribution in [1.82, 2.24) is 0 Å². The summed E-state index contributed by atoms with van der Waals surface area (Å²) in [4.78, 5) is 14.5. The smallest absolute Gasteiger partial charge is 0.340 e. The summed E-state index contributed by atoms with van der Waals surface area (Å²) in [6.07, 6.45) is 0. The normalized spacial score (nSPS) is 13.8. The van der Waals surface area contributed by atoms with Crippen molar-refractivity contribution >= 4 is 17.3 Å². The summed E-state index contributed by atoms with van der Waals surface area (Å²) in [6.45, 7) is 3.39. The Morgan fingerprint density at radius 3 is 2.46 bits per heavy atom. The van der Waals surface area contributed by atoms with Gasteiger partial charge in [-0.2, -0.15) is 0 Å². The largest absolute Gasteiger partial charge is 0.493 e. The molecule has 0 aliphatic carbocycles. The maximum atomic E-state index is 12.3. The van der Waals surface area contributed by atoms with Gasteiger partial charge in [0.25, 0.3) is 0 Å². The minimum absolute atomic E-state index is 0.351. The fourth-order valence-electron chi connectivity index (χ4n) is 3.19. The van der Waals surface area contributed by atoms with E-state index in [-0.39, 0.29) is 5.97 Å². The van der Waals surface area contributed by atoms with E-state index in [1.54, 1.807) is 14.2 Å². The maximum absolute atomic E-state index is 12.3. The topological polar surface area (TPSA) is 69.3 Å². The molecule has 1 heterocycles. The molecule has 7 heteroatoms. The molecule has 3 rings (SSSR count). The van der Waals surface area contributed by atoms with Crippen LogP contribution in [0.4, 0.5) is 11.4 Å². The standard InChI is InChI=1S/C21H26N2O5/c1-25-19-7-4-15(12-20(19)26-2)14-22-16-5-6-18(17(13-16)21(24)27-3)23-8-10-28-11-9-23/h4-7,12-13,22H,8-11,14H2,1-3H3. The van der Waals surface area contributed by atoms with Gasteiger partial charge in [-0.05, 0) is 35.9 Å². The van der Waals surface area contributed by atoms with Crippen LogP contribution in [-0.2, 0) is 16.0 Å². The number of ether oxygens (including phenoxy) is 4. The summed E-state index contributed by atoms with van der Waals surface area (Å²) < 4.78 is 21.0. The van der Waals surface area contributed by atoms with E-state index in [2.05, 4.69) is 10.2 Å². The number of carbonyl (C=O) groups is 1. The Labute approximate surface area is 165 Å². The molecule has 0 spiro atoms. The number of benzene rings is 2. The number of morpholine rings is 1. The second kappa shape index (κ2) is 9.32. The van der Waals surface area contributed by atoms with Gasteiger partial charge in [0.15, 0.2) is 11.5 Å². The van der Waals surface area contributed by atoms with Gasteiger partial charge < -0.3 is 29.2 Å². The molecule has 0 unspecified atom stereocenters. The van der Waals surface area contributed by atoms with E-state index < -0.39 is 0 Å². The lowest BCUT2D eigenvalue weighted by Crippen LogP contribution is -2.37. The molecule has 1 N–H and O–H groups in total. The van der Waals surface area contributed by atoms with Crippen molar-refractivity contribution in [2.75, 3.05) is 57.8 Å². The summed E-state index contributed by atoms with van der Waals surface area (Å²) in [5.74, 6) is 1.02. The van der Waals surface area contributed by atoms with Crippen molar-refractivity contribution in [3.63, 3.8) is 0 Å². The Balaban J connectivity index is 1.78. The first-order chi connectivity index (χ1) is 13.7. The highest BCUT2D eigenvalue weighted by Crippen LogP contribution is 2.29. The lowest BCUT2D eigenvalue weighted by atomic mass is 10.1. The molecule has 2 aromatic rings. The minimum atomic E-state index is -0.351. The van der Waals surface area contributed by atoms with Gasteiger partial charge in [0.1, 0.15) is 0 Å². The lowest BCUT2D eigenvalue weighted by Gasteiger charge is -2.30. The van der Waals surface area contributed by atoms with Gasteiger partial charge >= 0.3 is 5.97 Å². The van der Waals surface area contributed by atoms with E-state index in [1.165, 1.54) is 7.11 Å². The zero-order valence-electron chi connectivity index (χ0n) is 16.5. The molecule has 0 radical (unpaired) electrons. The summed E-state index contributed by atoms with van der Waals surface area (Å²) in [5.41, 5.74) is 3.29. The number of anilines is 2. The SMILES string of the molecule is COC(=O)c1cc(NCc2ccc(OC)c(OC)c2)ccc1N1CCOCC1. The molecule has 0 bridgehead atoms. The fourth-order valence-corrected chi connectivity index (χ4v) is 3.19. The van der Waals surface area contributed by atoms with Crippen LogP contribution in [0.5, 0.6) is 11.5 Å². The lowest BCUT2D eigenvalue weighted by molar-refractivity contribution is 0.0600. The monoisotopic (exact) mass is 386 g/mol. The Bertz CT molecular complexity index is 818. The van der Waals surface area contributed by atoms with E-state index in [9.17, 15) is 4.79 Å². The number of hydrogen-bond donors (Lipinski definition) is 1. The molecule has 0 atom stereocenters. The molecule has 1 saturated heterocycles. The second-order valence-electron chi connectivity index (χ2n) is 6.37. The first-order valence-electron chi connectivity index (χ1n) is 9.16. The number of nitrogens with one attached hydrogen (secondary N) is 1. The van der Waals surface area contributed by atoms with Gasteiger partial charge in [0.05, 0.1) is 45.8 Å². The molecular formula is C21H26N2O5. The van der Waals surface area contributed by atoms with Crippen LogP contribution in [0, 0.1) is 0 Å². The number of esters is 1. The summed E-state index contributed by atoms with van der Waals surface area (Å²) in [6, 6.07) is 11.5. The maximum Gasteiger partial charge on any atom is 0.340 e. The first-order valence-corrected chi connectivity index (χ1v) is 9.16. The molecule has 1 aliphatic heterocycles. The third-order valence-electron chi connectivity index (χ3n) is 4.70. The molecule has 2 aromatic carbocycles. The van der Waals surface area contributed by atoms with Crippen molar-refractivity contribution in [2.24, 2.45) is 0 Å². The summed E-state index contributed by atoms with van der Waals surface area (Å²) in [5, 5.41) is 3.35. The second-order valence-corrected chi connectivity index (χ2v) is 6.37. The zero-order valence-corrected chi connectivity index (χ0v) is 16.5. The van der Waals surface area contributed by atoms with E-state index in [4.69, 9.17) is 18.9 Å². The third-order valence-corrected chi connectivity index (χ3v) is 4.70. The van der Waals surface area contributed by atoms with Crippen LogP contribution in [0.25, 0.3) is 0 Å². The van der Waals surface area contributed by atoms with Crippen molar-refractivity contribution in [3.05, 3.63) is 47.5 Å². The number of hydrogen-bond acceptors (Lipinski definition) is 7. The number of methoxy groups -OCH3 is 3. The van der Waals surface area contributed by atoms with Gasteiger partial charge in [0, 0.05) is 25.3 Å². The van der Waals surface area contributed by atoms with Crippen molar-refractivity contribution in [1.29, 1.82) is 0 Å². The van der Waals surface area contributed by atoms with Crippen LogP contribution in [0.2, 0.25) is 0 Å². The van der Waals surface area contributed by atoms with Crippen LogP contribution in [0.15, 0.2) is 36.4 Å². The molecule has 1 fully saturated rings. The van der Waals surface area contributed by atoms with E-state index in [0.717, 1.165) is 30.0 Å². The summed E-state index contributed by atoms with van der Waals surface area (Å²) >= 11 is 0. The van der Waals surface area contributed by atoms with Gasteiger partial charge in [0.2, 0.25) is 0 Å². The predicted molar refractivity (Wildman–Crippen MR) is 108 cm³/mol. The van der Waals surface area contributed by atoms with Crippen LogP contribution in [-0.4, -0.2) is 53.6 Å². The van der Waals surface area contributed by atoms with Crippen molar-refractivity contribution < 1.29 is 23.7 Å². The third kappa shape index (κ3) is 4.48. The number of nitrogens with zero attached hydrogens (tertiary/aromatic N) is 1. The Morgan fingerprint density at radius 2 is 1.79 bits per heavy atom. The number of rotatable bonds is 7. The Kier molecular flexibility index (Phi) is 6.60. The molecule has 150 valence electrons. The van der Waals surface area contributed by atoms with Crippen LogP contribution < -0.4 is 19.7 Å². The van der Waals surface area contributed by atoms with Crippen LogP contribution in [0.3, 0.4) is 0 Å². The molecule has 7 nitrogen and oxygen atoms in total. The van der Waals surface area contributed by atoms with E-state index in [1.807, 2.05) is 36.4 Å². The molecule has 0 amide bonds. The highest BCUT2D eigenvalue weighted by atomic mass is 16.5. The van der Waals surface area contributed by atoms with Crippen molar-refractivity contribution in [3.8, 4) is 11.5 Å². The van der Waals surface area contributed by atoms with Gasteiger partial charge in [-0.25, -0.2) is 4.79 Å². The minimum Gasteiger partial charge on any atom is -0.493 e. The molecule has 0 aromatic heterocycles. The summed E-state index contributed by atoms with van der Waals surface area (Å²) in [7, 11) is 4.62. The van der Waals surface area contributed by atoms with Gasteiger partial charge in [-0.15, -0.1) is 0 Å². The number of carbonyl (C=O) groups excluding carboxylic acids is 1. The fraction of sp³-hybridized carbons (Fsp3) is 0.381. The van der Waals surface area contributed by atoms with Gasteiger partial charge in [-0.3, -0.25) is 0 Å². The van der Waals surface area contributed by atoms with E-state index >= 15 is 0 Å². The quantitative estimate of drug-likeness (QED) is 0.734.